The van der Waals surface area contributed by atoms with Crippen LogP contribution in [-0.2, 0) is 11.2 Å². The first kappa shape index (κ1) is 16.9. The Morgan fingerprint density at radius 3 is 3.04 bits per heavy atom. The molecule has 0 saturated carbocycles. The monoisotopic (exact) mass is 366 g/mol. The highest BCUT2D eigenvalue weighted by Crippen LogP contribution is 2.26. The number of aryl methyl sites for hydroxylation is 1. The minimum atomic E-state index is -0.291. The first-order chi connectivity index (χ1) is 13.2. The van der Waals surface area contributed by atoms with Crippen molar-refractivity contribution in [1.82, 2.24) is 15.5 Å². The largest absolute Gasteiger partial charge is 0.492 e. The Kier molecular flexibility index (Phi) is 4.61. The number of furan rings is 1. The summed E-state index contributed by atoms with van der Waals surface area (Å²) in [5.41, 5.74) is 2.81. The van der Waals surface area contributed by atoms with Crippen molar-refractivity contribution >= 4 is 17.5 Å². The average Bonchev–Trinajstić information content (AvgIpc) is 3.36. The number of H-pyrrole nitrogens is 1. The molecule has 1 aliphatic rings. The topological polar surface area (TPSA) is 109 Å². The summed E-state index contributed by atoms with van der Waals surface area (Å²) in [7, 11) is 0. The van der Waals surface area contributed by atoms with E-state index in [1.165, 1.54) is 0 Å². The van der Waals surface area contributed by atoms with Crippen LogP contribution in [0, 0.1) is 0 Å². The number of amides is 2. The number of nitrogens with one attached hydrogen (secondary N) is 3. The molecule has 0 saturated heterocycles. The number of aromatic nitrogens is 2. The van der Waals surface area contributed by atoms with Crippen LogP contribution in [0.5, 0.6) is 5.75 Å². The third-order valence-corrected chi connectivity index (χ3v) is 4.23. The second kappa shape index (κ2) is 7.36. The van der Waals surface area contributed by atoms with Gasteiger partial charge >= 0.3 is 0 Å². The van der Waals surface area contributed by atoms with Gasteiger partial charge in [-0.15, -0.1) is 0 Å². The zero-order valence-electron chi connectivity index (χ0n) is 14.5. The quantitative estimate of drug-likeness (QED) is 0.580. The van der Waals surface area contributed by atoms with Crippen LogP contribution in [0.1, 0.15) is 22.5 Å². The van der Waals surface area contributed by atoms with Crippen LogP contribution in [-0.4, -0.2) is 35.2 Å². The Hall–Kier alpha value is -3.55. The number of carbonyl (C=O) groups is 2. The third-order valence-electron chi connectivity index (χ3n) is 4.23. The Bertz CT molecular complexity index is 962. The predicted octanol–water partition coefficient (Wildman–Crippen LogP) is 2.36. The van der Waals surface area contributed by atoms with Gasteiger partial charge in [-0.2, -0.15) is 5.10 Å². The molecule has 0 radical (unpaired) electrons. The van der Waals surface area contributed by atoms with Gasteiger partial charge in [-0.3, -0.25) is 14.7 Å². The van der Waals surface area contributed by atoms with Gasteiger partial charge in [-0.1, -0.05) is 0 Å². The highest BCUT2D eigenvalue weighted by molar-refractivity contribution is 5.94. The highest BCUT2D eigenvalue weighted by Gasteiger charge is 2.15. The fourth-order valence-corrected chi connectivity index (χ4v) is 2.87. The van der Waals surface area contributed by atoms with Crippen molar-refractivity contribution in [3.05, 3.63) is 53.9 Å². The van der Waals surface area contributed by atoms with E-state index >= 15 is 0 Å². The lowest BCUT2D eigenvalue weighted by Gasteiger charge is -2.17. The second-order valence-corrected chi connectivity index (χ2v) is 6.12. The number of ether oxygens (including phenoxy) is 1. The number of aromatic amines is 1. The lowest BCUT2D eigenvalue weighted by atomic mass is 10.0. The molecule has 0 aliphatic carbocycles. The molecular formula is C19H18N4O4. The molecule has 8 nitrogen and oxygen atoms in total. The predicted molar refractivity (Wildman–Crippen MR) is 97.5 cm³/mol. The molecule has 138 valence electrons. The minimum Gasteiger partial charge on any atom is -0.492 e. The number of benzene rings is 1. The van der Waals surface area contributed by atoms with Gasteiger partial charge in [0.25, 0.3) is 5.91 Å². The first-order valence-corrected chi connectivity index (χ1v) is 8.62. The molecule has 4 rings (SSSR count). The van der Waals surface area contributed by atoms with Crippen molar-refractivity contribution in [2.45, 2.75) is 12.8 Å². The molecule has 3 N–H and O–H groups in total. The van der Waals surface area contributed by atoms with Gasteiger partial charge in [0.15, 0.2) is 11.5 Å². The van der Waals surface area contributed by atoms with Gasteiger partial charge in [0.2, 0.25) is 5.91 Å². The van der Waals surface area contributed by atoms with E-state index in [4.69, 9.17) is 9.15 Å². The van der Waals surface area contributed by atoms with E-state index in [1.807, 2.05) is 12.1 Å². The normalized spacial score (nSPS) is 13.0. The minimum absolute atomic E-state index is 0.0347. The van der Waals surface area contributed by atoms with Gasteiger partial charge in [0, 0.05) is 18.2 Å². The summed E-state index contributed by atoms with van der Waals surface area (Å²) in [6.07, 6.45) is 2.74. The van der Waals surface area contributed by atoms with Crippen molar-refractivity contribution in [1.29, 1.82) is 0 Å². The van der Waals surface area contributed by atoms with Crippen LogP contribution < -0.4 is 15.4 Å². The van der Waals surface area contributed by atoms with E-state index < -0.39 is 0 Å². The molecule has 1 aliphatic heterocycles. The number of fused-ring (bicyclic) bond motifs is 1. The number of carbonyl (C=O) groups excluding carboxylic acids is 2. The van der Waals surface area contributed by atoms with Crippen molar-refractivity contribution < 1.29 is 18.7 Å². The maximum Gasteiger partial charge on any atom is 0.271 e. The average molecular weight is 366 g/mol. The summed E-state index contributed by atoms with van der Waals surface area (Å²) in [5.74, 6) is 1.07. The van der Waals surface area contributed by atoms with Crippen molar-refractivity contribution in [3.63, 3.8) is 0 Å². The van der Waals surface area contributed by atoms with E-state index in [2.05, 4.69) is 20.8 Å². The van der Waals surface area contributed by atoms with E-state index in [-0.39, 0.29) is 17.5 Å². The SMILES string of the molecule is O=C1CCc2cc(OCCNC(=O)c3cc(-c4ccco4)[nH]n3)ccc2N1. The van der Waals surface area contributed by atoms with Gasteiger partial charge in [0.05, 0.1) is 12.8 Å². The van der Waals surface area contributed by atoms with Crippen molar-refractivity contribution in [3.8, 4) is 17.2 Å². The summed E-state index contributed by atoms with van der Waals surface area (Å²) in [4.78, 5) is 23.5. The van der Waals surface area contributed by atoms with Crippen LogP contribution in [0.4, 0.5) is 5.69 Å². The van der Waals surface area contributed by atoms with Crippen LogP contribution in [0.3, 0.4) is 0 Å². The fraction of sp³-hybridized carbons (Fsp3) is 0.211. The van der Waals surface area contributed by atoms with E-state index in [0.29, 0.717) is 43.2 Å². The van der Waals surface area contributed by atoms with Gasteiger partial charge in [-0.25, -0.2) is 0 Å². The van der Waals surface area contributed by atoms with Crippen LogP contribution in [0.25, 0.3) is 11.5 Å². The zero-order chi connectivity index (χ0) is 18.6. The number of rotatable bonds is 6. The van der Waals surface area contributed by atoms with Crippen LogP contribution >= 0.6 is 0 Å². The number of hydrogen-bond donors (Lipinski definition) is 3. The molecule has 3 heterocycles. The summed E-state index contributed by atoms with van der Waals surface area (Å²) in [6.45, 7) is 0.669. The Morgan fingerprint density at radius 2 is 2.19 bits per heavy atom. The zero-order valence-corrected chi connectivity index (χ0v) is 14.5. The van der Waals surface area contributed by atoms with Crippen LogP contribution in [0.2, 0.25) is 0 Å². The molecule has 8 heteroatoms. The molecule has 0 atom stereocenters. The van der Waals surface area contributed by atoms with Gasteiger partial charge < -0.3 is 19.8 Å². The van der Waals surface area contributed by atoms with Gasteiger partial charge in [-0.05, 0) is 42.3 Å². The molecule has 0 fully saturated rings. The third kappa shape index (κ3) is 3.84. The Morgan fingerprint density at radius 1 is 1.26 bits per heavy atom. The molecule has 2 amide bonds. The summed E-state index contributed by atoms with van der Waals surface area (Å²) in [5, 5.41) is 12.4. The summed E-state index contributed by atoms with van der Waals surface area (Å²) in [6, 6.07) is 10.7. The number of nitrogens with zero attached hydrogens (tertiary/aromatic N) is 1. The molecule has 0 bridgehead atoms. The van der Waals surface area contributed by atoms with Gasteiger partial charge in [0.1, 0.15) is 18.1 Å². The van der Waals surface area contributed by atoms with Crippen molar-refractivity contribution in [2.24, 2.45) is 0 Å². The second-order valence-electron chi connectivity index (χ2n) is 6.12. The highest BCUT2D eigenvalue weighted by atomic mass is 16.5. The maximum atomic E-state index is 12.1. The molecular weight excluding hydrogens is 348 g/mol. The molecule has 1 aromatic carbocycles. The van der Waals surface area contributed by atoms with E-state index in [1.54, 1.807) is 30.5 Å². The molecule has 2 aromatic heterocycles. The smallest absolute Gasteiger partial charge is 0.271 e. The lowest BCUT2D eigenvalue weighted by Crippen LogP contribution is -2.28. The fourth-order valence-electron chi connectivity index (χ4n) is 2.87. The Balaban J connectivity index is 1.27. The summed E-state index contributed by atoms with van der Waals surface area (Å²) >= 11 is 0. The maximum absolute atomic E-state index is 12.1. The molecule has 0 spiro atoms. The molecule has 27 heavy (non-hydrogen) atoms. The van der Waals surface area contributed by atoms with Crippen LogP contribution in [0.15, 0.2) is 47.1 Å². The number of anilines is 1. The molecule has 3 aromatic rings. The summed E-state index contributed by atoms with van der Waals surface area (Å²) < 4.78 is 10.9. The first-order valence-electron chi connectivity index (χ1n) is 8.62. The number of hydrogen-bond acceptors (Lipinski definition) is 5. The van der Waals surface area contributed by atoms with E-state index in [0.717, 1.165) is 11.3 Å². The van der Waals surface area contributed by atoms with Crippen molar-refractivity contribution in [2.75, 3.05) is 18.5 Å². The van der Waals surface area contributed by atoms with E-state index in [9.17, 15) is 9.59 Å². The lowest BCUT2D eigenvalue weighted by molar-refractivity contribution is -0.116. The molecule has 0 unspecified atom stereocenters. The Labute approximate surface area is 154 Å². The standard InChI is InChI=1S/C19H18N4O4/c24-18-6-3-12-10-13(4-5-14(12)21-18)26-9-7-20-19(25)16-11-15(22-23-16)17-2-1-8-27-17/h1-2,4-5,8,10-11H,3,6-7,9H2,(H,20,25)(H,21,24)(H,22,23).